The second kappa shape index (κ2) is 6.23. The van der Waals surface area contributed by atoms with Crippen LogP contribution in [-0.2, 0) is 4.79 Å². The number of rotatable bonds is 5. The van der Waals surface area contributed by atoms with Crippen molar-refractivity contribution in [1.82, 2.24) is 5.32 Å². The van der Waals surface area contributed by atoms with E-state index in [1.165, 1.54) is 0 Å². The first kappa shape index (κ1) is 12.6. The summed E-state index contributed by atoms with van der Waals surface area (Å²) in [6, 6.07) is 9.70. The molecule has 0 fully saturated rings. The molecule has 0 heterocycles. The van der Waals surface area contributed by atoms with Gasteiger partial charge in [-0.05, 0) is 12.0 Å². The molecule has 1 aromatic rings. The van der Waals surface area contributed by atoms with Gasteiger partial charge in [-0.15, -0.1) is 0 Å². The molecular formula is C12H16N2OS. The van der Waals surface area contributed by atoms with Crippen LogP contribution >= 0.6 is 12.2 Å². The standard InChI is InChI=1S/C12H16N2OS/c1-2-10(9-6-4-3-5-7-9)12(15)14-8-11(13)16/h3-7,10H,2,8H2,1H3,(H2,13,16)(H,14,15). The highest BCUT2D eigenvalue weighted by atomic mass is 32.1. The van der Waals surface area contributed by atoms with Gasteiger partial charge in [-0.3, -0.25) is 4.79 Å². The summed E-state index contributed by atoms with van der Waals surface area (Å²) in [5, 5.41) is 2.73. The van der Waals surface area contributed by atoms with Crippen molar-refractivity contribution in [2.75, 3.05) is 6.54 Å². The molecule has 3 nitrogen and oxygen atoms in total. The van der Waals surface area contributed by atoms with Gasteiger partial charge in [0.15, 0.2) is 0 Å². The molecule has 0 aliphatic carbocycles. The van der Waals surface area contributed by atoms with Crippen molar-refractivity contribution < 1.29 is 4.79 Å². The highest BCUT2D eigenvalue weighted by molar-refractivity contribution is 7.80. The first-order valence-electron chi connectivity index (χ1n) is 5.26. The van der Waals surface area contributed by atoms with Crippen LogP contribution < -0.4 is 11.1 Å². The summed E-state index contributed by atoms with van der Waals surface area (Å²) in [5.74, 6) is -0.156. The van der Waals surface area contributed by atoms with Gasteiger partial charge >= 0.3 is 0 Å². The molecule has 1 unspecified atom stereocenters. The average molecular weight is 236 g/mol. The molecular weight excluding hydrogens is 220 g/mol. The SMILES string of the molecule is CCC(C(=O)NCC(N)=S)c1ccccc1. The van der Waals surface area contributed by atoms with Gasteiger partial charge in [-0.25, -0.2) is 0 Å². The summed E-state index contributed by atoms with van der Waals surface area (Å²) < 4.78 is 0. The third-order valence-electron chi connectivity index (χ3n) is 2.36. The average Bonchev–Trinajstić information content (AvgIpc) is 2.29. The van der Waals surface area contributed by atoms with Gasteiger partial charge in [0.2, 0.25) is 5.91 Å². The topological polar surface area (TPSA) is 55.1 Å². The van der Waals surface area contributed by atoms with Crippen LogP contribution in [-0.4, -0.2) is 17.4 Å². The predicted molar refractivity (Wildman–Crippen MR) is 69.3 cm³/mol. The lowest BCUT2D eigenvalue weighted by Crippen LogP contribution is -2.35. The van der Waals surface area contributed by atoms with Crippen molar-refractivity contribution in [3.8, 4) is 0 Å². The number of thiocarbonyl (C=S) groups is 1. The lowest BCUT2D eigenvalue weighted by Gasteiger charge is -2.14. The lowest BCUT2D eigenvalue weighted by atomic mass is 9.96. The zero-order valence-corrected chi connectivity index (χ0v) is 10.1. The van der Waals surface area contributed by atoms with E-state index in [4.69, 9.17) is 18.0 Å². The molecule has 1 rings (SSSR count). The fourth-order valence-electron chi connectivity index (χ4n) is 1.56. The number of hydrogen-bond donors (Lipinski definition) is 2. The maximum absolute atomic E-state index is 11.9. The van der Waals surface area contributed by atoms with Crippen LogP contribution in [0.4, 0.5) is 0 Å². The minimum atomic E-state index is -0.129. The third-order valence-corrected chi connectivity index (χ3v) is 2.51. The number of hydrogen-bond acceptors (Lipinski definition) is 2. The first-order chi connectivity index (χ1) is 7.65. The van der Waals surface area contributed by atoms with Gasteiger partial charge in [0, 0.05) is 0 Å². The van der Waals surface area contributed by atoms with E-state index in [2.05, 4.69) is 5.32 Å². The molecule has 86 valence electrons. The maximum atomic E-state index is 11.9. The highest BCUT2D eigenvalue weighted by Gasteiger charge is 2.17. The van der Waals surface area contributed by atoms with Crippen LogP contribution in [0.3, 0.4) is 0 Å². The molecule has 0 aromatic heterocycles. The second-order valence-electron chi connectivity index (χ2n) is 3.56. The molecule has 0 saturated carbocycles. The Labute approximate surface area is 101 Å². The maximum Gasteiger partial charge on any atom is 0.227 e. The van der Waals surface area contributed by atoms with E-state index in [1.807, 2.05) is 37.3 Å². The van der Waals surface area contributed by atoms with Crippen LogP contribution in [0, 0.1) is 0 Å². The van der Waals surface area contributed by atoms with Crippen LogP contribution in [0.1, 0.15) is 24.8 Å². The monoisotopic (exact) mass is 236 g/mol. The van der Waals surface area contributed by atoms with Crippen molar-refractivity contribution in [2.45, 2.75) is 19.3 Å². The normalized spacial score (nSPS) is 11.8. The number of nitrogens with two attached hydrogens (primary N) is 1. The van der Waals surface area contributed by atoms with E-state index in [9.17, 15) is 4.79 Å². The van der Waals surface area contributed by atoms with E-state index in [0.29, 0.717) is 4.99 Å². The summed E-state index contributed by atoms with van der Waals surface area (Å²) in [7, 11) is 0. The summed E-state index contributed by atoms with van der Waals surface area (Å²) in [6.45, 7) is 2.25. The van der Waals surface area contributed by atoms with E-state index in [-0.39, 0.29) is 18.4 Å². The molecule has 0 aliphatic rings. The Morgan fingerprint density at radius 2 is 2.06 bits per heavy atom. The minimum absolute atomic E-state index is 0.0264. The Morgan fingerprint density at radius 3 is 2.56 bits per heavy atom. The van der Waals surface area contributed by atoms with E-state index >= 15 is 0 Å². The fourth-order valence-corrected chi connectivity index (χ4v) is 1.63. The molecule has 1 atom stereocenters. The van der Waals surface area contributed by atoms with E-state index < -0.39 is 0 Å². The molecule has 3 N–H and O–H groups in total. The number of benzene rings is 1. The molecule has 0 bridgehead atoms. The van der Waals surface area contributed by atoms with Crippen LogP contribution in [0.5, 0.6) is 0 Å². The minimum Gasteiger partial charge on any atom is -0.392 e. The molecule has 0 radical (unpaired) electrons. The number of nitrogens with one attached hydrogen (secondary N) is 1. The summed E-state index contributed by atoms with van der Waals surface area (Å²) in [4.78, 5) is 12.2. The van der Waals surface area contributed by atoms with E-state index in [1.54, 1.807) is 0 Å². The zero-order valence-electron chi connectivity index (χ0n) is 9.27. The van der Waals surface area contributed by atoms with Crippen LogP contribution in [0.25, 0.3) is 0 Å². The quantitative estimate of drug-likeness (QED) is 0.763. The molecule has 0 aliphatic heterocycles. The first-order valence-corrected chi connectivity index (χ1v) is 5.67. The second-order valence-corrected chi connectivity index (χ2v) is 4.08. The number of carbonyl (C=O) groups excluding carboxylic acids is 1. The Kier molecular flexibility index (Phi) is 4.92. The zero-order chi connectivity index (χ0) is 12.0. The van der Waals surface area contributed by atoms with Gasteiger partial charge < -0.3 is 11.1 Å². The van der Waals surface area contributed by atoms with Crippen LogP contribution in [0.2, 0.25) is 0 Å². The third kappa shape index (κ3) is 3.62. The Morgan fingerprint density at radius 1 is 1.44 bits per heavy atom. The Hall–Kier alpha value is -1.42. The highest BCUT2D eigenvalue weighted by Crippen LogP contribution is 2.18. The summed E-state index contributed by atoms with van der Waals surface area (Å²) in [6.07, 6.45) is 0.757. The Bertz CT molecular complexity index is 365. The molecule has 4 heteroatoms. The molecule has 16 heavy (non-hydrogen) atoms. The molecule has 0 spiro atoms. The van der Waals surface area contributed by atoms with Crippen LogP contribution in [0.15, 0.2) is 30.3 Å². The predicted octanol–water partition coefficient (Wildman–Crippen LogP) is 1.58. The van der Waals surface area contributed by atoms with Gasteiger partial charge in [0.05, 0.1) is 17.5 Å². The summed E-state index contributed by atoms with van der Waals surface area (Å²) >= 11 is 4.72. The van der Waals surface area contributed by atoms with E-state index in [0.717, 1.165) is 12.0 Å². The Balaban J connectivity index is 2.68. The summed E-state index contributed by atoms with van der Waals surface area (Å²) in [5.41, 5.74) is 6.36. The van der Waals surface area contributed by atoms with Gasteiger partial charge in [-0.2, -0.15) is 0 Å². The molecule has 1 amide bonds. The smallest absolute Gasteiger partial charge is 0.227 e. The van der Waals surface area contributed by atoms with Crippen molar-refractivity contribution in [3.05, 3.63) is 35.9 Å². The van der Waals surface area contributed by atoms with Gasteiger partial charge in [0.25, 0.3) is 0 Å². The van der Waals surface area contributed by atoms with Crippen molar-refractivity contribution in [1.29, 1.82) is 0 Å². The van der Waals surface area contributed by atoms with Gasteiger partial charge in [0.1, 0.15) is 0 Å². The van der Waals surface area contributed by atoms with Gasteiger partial charge in [-0.1, -0.05) is 49.5 Å². The molecule has 0 saturated heterocycles. The van der Waals surface area contributed by atoms with Crippen molar-refractivity contribution >= 4 is 23.1 Å². The molecule has 1 aromatic carbocycles. The number of amides is 1. The lowest BCUT2D eigenvalue weighted by molar-refractivity contribution is -0.122. The van der Waals surface area contributed by atoms with Crippen molar-refractivity contribution in [2.24, 2.45) is 5.73 Å². The fraction of sp³-hybridized carbons (Fsp3) is 0.333. The van der Waals surface area contributed by atoms with Crippen molar-refractivity contribution in [3.63, 3.8) is 0 Å². The largest absolute Gasteiger partial charge is 0.392 e. The number of carbonyl (C=O) groups is 1.